The number of benzene rings is 1. The van der Waals surface area contributed by atoms with Crippen LogP contribution in [0, 0.1) is 0 Å². The zero-order valence-corrected chi connectivity index (χ0v) is 10.5. The normalized spacial score (nSPS) is 21.6. The van der Waals surface area contributed by atoms with E-state index >= 15 is 0 Å². The van der Waals surface area contributed by atoms with Crippen LogP contribution in [-0.2, 0) is 17.5 Å². The molecule has 1 heterocycles. The van der Waals surface area contributed by atoms with E-state index in [1.165, 1.54) is 12.1 Å². The van der Waals surface area contributed by atoms with Gasteiger partial charge in [0.05, 0.1) is 18.3 Å². The molecule has 0 spiro atoms. The van der Waals surface area contributed by atoms with Gasteiger partial charge in [0.1, 0.15) is 0 Å². The van der Waals surface area contributed by atoms with Gasteiger partial charge in [0.25, 0.3) is 0 Å². The molecule has 1 aromatic carbocycles. The molecule has 1 aliphatic rings. The standard InChI is InChI=1S/C13H17F3N2O/c14-13(15,16)12-4-2-1-3-10(12)8-18-5-6-19-11(7-17)9-18/h1-4,11H,5-9,17H2. The maximum atomic E-state index is 12.9. The highest BCUT2D eigenvalue weighted by Crippen LogP contribution is 2.32. The first-order valence-electron chi connectivity index (χ1n) is 6.20. The van der Waals surface area contributed by atoms with Crippen LogP contribution in [-0.4, -0.2) is 37.2 Å². The molecule has 0 aliphatic carbocycles. The first kappa shape index (κ1) is 14.3. The molecule has 0 saturated carbocycles. The largest absolute Gasteiger partial charge is 0.416 e. The molecule has 2 rings (SSSR count). The first-order valence-corrected chi connectivity index (χ1v) is 6.20. The van der Waals surface area contributed by atoms with Crippen molar-refractivity contribution in [3.05, 3.63) is 35.4 Å². The summed E-state index contributed by atoms with van der Waals surface area (Å²) in [4.78, 5) is 1.95. The maximum Gasteiger partial charge on any atom is 0.416 e. The van der Waals surface area contributed by atoms with Crippen LogP contribution in [0.15, 0.2) is 24.3 Å². The average Bonchev–Trinajstić information content (AvgIpc) is 2.38. The zero-order valence-electron chi connectivity index (χ0n) is 10.5. The predicted molar refractivity (Wildman–Crippen MR) is 65.5 cm³/mol. The number of halogens is 3. The summed E-state index contributed by atoms with van der Waals surface area (Å²) in [6.45, 7) is 2.37. The van der Waals surface area contributed by atoms with Gasteiger partial charge in [0.2, 0.25) is 0 Å². The van der Waals surface area contributed by atoms with Crippen molar-refractivity contribution >= 4 is 0 Å². The topological polar surface area (TPSA) is 38.5 Å². The Morgan fingerprint density at radius 1 is 1.32 bits per heavy atom. The van der Waals surface area contributed by atoms with Crippen LogP contribution in [0.1, 0.15) is 11.1 Å². The minimum absolute atomic E-state index is 0.0909. The van der Waals surface area contributed by atoms with E-state index in [-0.39, 0.29) is 12.6 Å². The van der Waals surface area contributed by atoms with Crippen LogP contribution in [0.2, 0.25) is 0 Å². The van der Waals surface area contributed by atoms with Crippen molar-refractivity contribution in [1.29, 1.82) is 0 Å². The van der Waals surface area contributed by atoms with Crippen LogP contribution in [0.4, 0.5) is 13.2 Å². The number of hydrogen-bond acceptors (Lipinski definition) is 3. The third-order valence-corrected chi connectivity index (χ3v) is 3.20. The van der Waals surface area contributed by atoms with Crippen molar-refractivity contribution in [3.63, 3.8) is 0 Å². The number of hydrogen-bond donors (Lipinski definition) is 1. The summed E-state index contributed by atoms with van der Waals surface area (Å²) in [7, 11) is 0. The van der Waals surface area contributed by atoms with E-state index in [1.54, 1.807) is 6.07 Å². The monoisotopic (exact) mass is 274 g/mol. The van der Waals surface area contributed by atoms with E-state index in [1.807, 2.05) is 4.90 Å². The van der Waals surface area contributed by atoms with E-state index in [4.69, 9.17) is 10.5 Å². The second kappa shape index (κ2) is 5.90. The molecule has 1 fully saturated rings. The average molecular weight is 274 g/mol. The minimum atomic E-state index is -4.31. The lowest BCUT2D eigenvalue weighted by Crippen LogP contribution is -2.45. The van der Waals surface area contributed by atoms with Crippen LogP contribution in [0.5, 0.6) is 0 Å². The van der Waals surface area contributed by atoms with Gasteiger partial charge >= 0.3 is 6.18 Å². The van der Waals surface area contributed by atoms with Crippen molar-refractivity contribution < 1.29 is 17.9 Å². The van der Waals surface area contributed by atoms with Gasteiger partial charge in [0, 0.05) is 26.2 Å². The highest BCUT2D eigenvalue weighted by Gasteiger charge is 2.33. The van der Waals surface area contributed by atoms with Crippen molar-refractivity contribution in [3.8, 4) is 0 Å². The summed E-state index contributed by atoms with van der Waals surface area (Å²) in [5, 5.41) is 0. The van der Waals surface area contributed by atoms with E-state index in [0.29, 0.717) is 31.8 Å². The molecular formula is C13H17F3N2O. The van der Waals surface area contributed by atoms with E-state index in [0.717, 1.165) is 6.07 Å². The molecule has 0 bridgehead atoms. The second-order valence-corrected chi connectivity index (χ2v) is 4.62. The molecule has 1 aromatic rings. The molecule has 0 radical (unpaired) electrons. The van der Waals surface area contributed by atoms with Crippen molar-refractivity contribution in [2.75, 3.05) is 26.2 Å². The third-order valence-electron chi connectivity index (χ3n) is 3.20. The number of ether oxygens (including phenoxy) is 1. The lowest BCUT2D eigenvalue weighted by molar-refractivity contribution is -0.138. The third kappa shape index (κ3) is 3.68. The quantitative estimate of drug-likeness (QED) is 0.914. The highest BCUT2D eigenvalue weighted by molar-refractivity contribution is 5.29. The Bertz CT molecular complexity index is 423. The Labute approximate surface area is 110 Å². The fraction of sp³-hybridized carbons (Fsp3) is 0.538. The van der Waals surface area contributed by atoms with Crippen molar-refractivity contribution in [2.24, 2.45) is 5.73 Å². The summed E-state index contributed by atoms with van der Waals surface area (Å²) in [6, 6.07) is 5.69. The lowest BCUT2D eigenvalue weighted by atomic mass is 10.1. The van der Waals surface area contributed by atoms with Crippen molar-refractivity contribution in [2.45, 2.75) is 18.8 Å². The van der Waals surface area contributed by atoms with E-state index in [9.17, 15) is 13.2 Å². The van der Waals surface area contributed by atoms with Crippen LogP contribution in [0.3, 0.4) is 0 Å². The fourth-order valence-corrected chi connectivity index (χ4v) is 2.24. The first-order chi connectivity index (χ1) is 9.00. The van der Waals surface area contributed by atoms with Gasteiger partial charge in [-0.3, -0.25) is 4.90 Å². The molecular weight excluding hydrogens is 257 g/mol. The molecule has 19 heavy (non-hydrogen) atoms. The molecule has 0 aromatic heterocycles. The Morgan fingerprint density at radius 2 is 2.05 bits per heavy atom. The highest BCUT2D eigenvalue weighted by atomic mass is 19.4. The lowest BCUT2D eigenvalue weighted by Gasteiger charge is -2.32. The molecule has 1 unspecified atom stereocenters. The number of nitrogens with two attached hydrogens (primary N) is 1. The van der Waals surface area contributed by atoms with Crippen LogP contribution in [0.25, 0.3) is 0 Å². The number of rotatable bonds is 3. The predicted octanol–water partition coefficient (Wildman–Crippen LogP) is 1.86. The van der Waals surface area contributed by atoms with Gasteiger partial charge in [-0.15, -0.1) is 0 Å². The fourth-order valence-electron chi connectivity index (χ4n) is 2.24. The van der Waals surface area contributed by atoms with E-state index in [2.05, 4.69) is 0 Å². The summed E-state index contributed by atoms with van der Waals surface area (Å²) < 4.78 is 44.1. The maximum absolute atomic E-state index is 12.9. The zero-order chi connectivity index (χ0) is 13.9. The smallest absolute Gasteiger partial charge is 0.374 e. The Morgan fingerprint density at radius 3 is 2.74 bits per heavy atom. The van der Waals surface area contributed by atoms with Crippen LogP contribution < -0.4 is 5.73 Å². The van der Waals surface area contributed by atoms with Gasteiger partial charge < -0.3 is 10.5 Å². The van der Waals surface area contributed by atoms with Gasteiger partial charge in [0.15, 0.2) is 0 Å². The van der Waals surface area contributed by atoms with Gasteiger partial charge in [-0.25, -0.2) is 0 Å². The molecule has 106 valence electrons. The van der Waals surface area contributed by atoms with Gasteiger partial charge in [-0.1, -0.05) is 18.2 Å². The summed E-state index contributed by atoms with van der Waals surface area (Å²) >= 11 is 0. The molecule has 0 amide bonds. The number of alkyl halides is 3. The molecule has 1 atom stereocenters. The van der Waals surface area contributed by atoms with Crippen molar-refractivity contribution in [1.82, 2.24) is 4.90 Å². The van der Waals surface area contributed by atoms with E-state index < -0.39 is 11.7 Å². The molecule has 1 saturated heterocycles. The second-order valence-electron chi connectivity index (χ2n) is 4.62. The summed E-state index contributed by atoms with van der Waals surface area (Å²) in [6.07, 6.45) is -4.40. The Hall–Kier alpha value is -1.11. The van der Waals surface area contributed by atoms with Gasteiger partial charge in [-0.05, 0) is 11.6 Å². The Balaban J connectivity index is 2.11. The van der Waals surface area contributed by atoms with Crippen LogP contribution >= 0.6 is 0 Å². The summed E-state index contributed by atoms with van der Waals surface area (Å²) in [5.74, 6) is 0. The number of nitrogens with zero attached hydrogens (tertiary/aromatic N) is 1. The van der Waals surface area contributed by atoms with Gasteiger partial charge in [-0.2, -0.15) is 13.2 Å². The molecule has 1 aliphatic heterocycles. The summed E-state index contributed by atoms with van der Waals surface area (Å²) in [5.41, 5.74) is 5.26. The number of morpholine rings is 1. The molecule has 3 nitrogen and oxygen atoms in total. The Kier molecular flexibility index (Phi) is 4.44. The minimum Gasteiger partial charge on any atom is -0.374 e. The SMILES string of the molecule is NCC1CN(Cc2ccccc2C(F)(F)F)CCO1. The molecule has 2 N–H and O–H groups in total. The molecule has 6 heteroatoms.